The lowest BCUT2D eigenvalue weighted by molar-refractivity contribution is -0.105. The first-order valence-corrected chi connectivity index (χ1v) is 6.03. The Morgan fingerprint density at radius 3 is 2.71 bits per heavy atom. The van der Waals surface area contributed by atoms with Crippen molar-refractivity contribution in [1.82, 2.24) is 4.90 Å². The van der Waals surface area contributed by atoms with E-state index >= 15 is 0 Å². The van der Waals surface area contributed by atoms with Crippen LogP contribution in [-0.4, -0.2) is 37.5 Å². The SMILES string of the molecule is CN1CCC(Nc2cccc(NC=O)c2)CC1. The number of carbonyl (C=O) groups is 1. The second-order valence-electron chi connectivity index (χ2n) is 4.56. The fraction of sp³-hybridized carbons (Fsp3) is 0.462. The summed E-state index contributed by atoms with van der Waals surface area (Å²) in [7, 11) is 2.16. The maximum atomic E-state index is 10.4. The van der Waals surface area contributed by atoms with E-state index in [9.17, 15) is 4.79 Å². The third-order valence-corrected chi connectivity index (χ3v) is 3.18. The number of anilines is 2. The zero-order chi connectivity index (χ0) is 12.1. The molecule has 1 saturated heterocycles. The van der Waals surface area contributed by atoms with E-state index < -0.39 is 0 Å². The van der Waals surface area contributed by atoms with E-state index in [2.05, 4.69) is 22.6 Å². The molecule has 1 aliphatic heterocycles. The Labute approximate surface area is 102 Å². The quantitative estimate of drug-likeness (QED) is 0.779. The summed E-state index contributed by atoms with van der Waals surface area (Å²) >= 11 is 0. The molecular weight excluding hydrogens is 214 g/mol. The van der Waals surface area contributed by atoms with Gasteiger partial charge >= 0.3 is 0 Å². The zero-order valence-electron chi connectivity index (χ0n) is 10.1. The van der Waals surface area contributed by atoms with E-state index in [0.29, 0.717) is 12.5 Å². The van der Waals surface area contributed by atoms with Crippen LogP contribution in [0.25, 0.3) is 0 Å². The van der Waals surface area contributed by atoms with Gasteiger partial charge in [-0.1, -0.05) is 6.07 Å². The Morgan fingerprint density at radius 1 is 1.29 bits per heavy atom. The largest absolute Gasteiger partial charge is 0.382 e. The summed E-state index contributed by atoms with van der Waals surface area (Å²) in [5.74, 6) is 0. The van der Waals surface area contributed by atoms with Crippen molar-refractivity contribution in [3.05, 3.63) is 24.3 Å². The van der Waals surface area contributed by atoms with Gasteiger partial charge in [0.15, 0.2) is 0 Å². The van der Waals surface area contributed by atoms with E-state index in [1.165, 1.54) is 12.8 Å². The number of nitrogens with zero attached hydrogens (tertiary/aromatic N) is 1. The maximum absolute atomic E-state index is 10.4. The molecule has 0 spiro atoms. The molecule has 0 radical (unpaired) electrons. The van der Waals surface area contributed by atoms with Crippen molar-refractivity contribution in [3.63, 3.8) is 0 Å². The van der Waals surface area contributed by atoms with Crippen molar-refractivity contribution in [2.24, 2.45) is 0 Å². The third-order valence-electron chi connectivity index (χ3n) is 3.18. The average Bonchev–Trinajstić information content (AvgIpc) is 2.33. The van der Waals surface area contributed by atoms with Crippen molar-refractivity contribution < 1.29 is 4.79 Å². The Hall–Kier alpha value is -1.55. The van der Waals surface area contributed by atoms with Crippen LogP contribution in [0.2, 0.25) is 0 Å². The Kier molecular flexibility index (Phi) is 3.98. The summed E-state index contributed by atoms with van der Waals surface area (Å²) in [5, 5.41) is 6.18. The minimum atomic E-state index is 0.540. The predicted molar refractivity (Wildman–Crippen MR) is 70.3 cm³/mol. The van der Waals surface area contributed by atoms with Crippen molar-refractivity contribution in [2.75, 3.05) is 30.8 Å². The highest BCUT2D eigenvalue weighted by atomic mass is 16.1. The van der Waals surface area contributed by atoms with E-state index in [-0.39, 0.29) is 0 Å². The summed E-state index contributed by atoms with van der Waals surface area (Å²) in [5.41, 5.74) is 1.91. The number of amides is 1. The van der Waals surface area contributed by atoms with Crippen molar-refractivity contribution >= 4 is 17.8 Å². The fourth-order valence-electron chi connectivity index (χ4n) is 2.16. The number of benzene rings is 1. The molecule has 0 bridgehead atoms. The lowest BCUT2D eigenvalue weighted by Crippen LogP contribution is -2.36. The van der Waals surface area contributed by atoms with Gasteiger partial charge in [0.05, 0.1) is 0 Å². The summed E-state index contributed by atoms with van der Waals surface area (Å²) in [4.78, 5) is 12.7. The summed E-state index contributed by atoms with van der Waals surface area (Å²) in [6, 6.07) is 8.37. The number of hydrogen-bond acceptors (Lipinski definition) is 3. The summed E-state index contributed by atoms with van der Waals surface area (Å²) in [6.45, 7) is 2.29. The molecule has 1 aromatic carbocycles. The first-order chi connectivity index (χ1) is 8.28. The molecule has 2 rings (SSSR count). The van der Waals surface area contributed by atoms with Crippen molar-refractivity contribution in [3.8, 4) is 0 Å². The molecule has 4 heteroatoms. The molecule has 0 aliphatic carbocycles. The van der Waals surface area contributed by atoms with Crippen LogP contribution in [0.5, 0.6) is 0 Å². The molecule has 92 valence electrons. The van der Waals surface area contributed by atoms with Crippen LogP contribution >= 0.6 is 0 Å². The van der Waals surface area contributed by atoms with Crippen LogP contribution in [0.15, 0.2) is 24.3 Å². The van der Waals surface area contributed by atoms with E-state index in [1.54, 1.807) is 0 Å². The van der Waals surface area contributed by atoms with Gasteiger partial charge in [0.25, 0.3) is 0 Å². The number of piperidine rings is 1. The number of hydrogen-bond donors (Lipinski definition) is 2. The van der Waals surface area contributed by atoms with Gasteiger partial charge in [0.1, 0.15) is 0 Å². The van der Waals surface area contributed by atoms with Gasteiger partial charge in [0, 0.05) is 17.4 Å². The number of carbonyl (C=O) groups excluding carboxylic acids is 1. The fourth-order valence-corrected chi connectivity index (χ4v) is 2.16. The van der Waals surface area contributed by atoms with Gasteiger partial charge in [0.2, 0.25) is 6.41 Å². The monoisotopic (exact) mass is 233 g/mol. The average molecular weight is 233 g/mol. The standard InChI is InChI=1S/C13H19N3O/c1-16-7-5-11(6-8-16)15-13-4-2-3-12(9-13)14-10-17/h2-4,9-11,15H,5-8H2,1H3,(H,14,17). The number of rotatable bonds is 4. The maximum Gasteiger partial charge on any atom is 0.211 e. The Bertz CT molecular complexity index is 373. The van der Waals surface area contributed by atoms with Crippen molar-refractivity contribution in [2.45, 2.75) is 18.9 Å². The second-order valence-corrected chi connectivity index (χ2v) is 4.56. The van der Waals surface area contributed by atoms with E-state index in [0.717, 1.165) is 24.5 Å². The molecule has 1 aliphatic rings. The van der Waals surface area contributed by atoms with Gasteiger partial charge < -0.3 is 15.5 Å². The van der Waals surface area contributed by atoms with Crippen molar-refractivity contribution in [1.29, 1.82) is 0 Å². The van der Waals surface area contributed by atoms with Crippen LogP contribution in [0, 0.1) is 0 Å². The minimum Gasteiger partial charge on any atom is -0.382 e. The van der Waals surface area contributed by atoms with Crippen LogP contribution in [0.1, 0.15) is 12.8 Å². The zero-order valence-corrected chi connectivity index (χ0v) is 10.1. The lowest BCUT2D eigenvalue weighted by atomic mass is 10.1. The highest BCUT2D eigenvalue weighted by Gasteiger charge is 2.15. The molecule has 0 atom stereocenters. The second kappa shape index (κ2) is 5.68. The van der Waals surface area contributed by atoms with Crippen LogP contribution in [-0.2, 0) is 4.79 Å². The Balaban J connectivity index is 1.93. The molecule has 1 amide bonds. The number of likely N-dealkylation sites (tertiary alicyclic amines) is 1. The minimum absolute atomic E-state index is 0.540. The summed E-state index contributed by atoms with van der Waals surface area (Å²) in [6.07, 6.45) is 3.04. The van der Waals surface area contributed by atoms with E-state index in [1.807, 2.05) is 24.3 Å². The van der Waals surface area contributed by atoms with Crippen LogP contribution in [0.4, 0.5) is 11.4 Å². The molecule has 0 aromatic heterocycles. The molecule has 0 unspecified atom stereocenters. The first kappa shape index (κ1) is 11.9. The van der Waals surface area contributed by atoms with Gasteiger partial charge in [-0.3, -0.25) is 4.79 Å². The molecule has 0 saturated carbocycles. The third kappa shape index (κ3) is 3.46. The molecule has 1 fully saturated rings. The topological polar surface area (TPSA) is 44.4 Å². The van der Waals surface area contributed by atoms with Crippen LogP contribution < -0.4 is 10.6 Å². The van der Waals surface area contributed by atoms with Crippen LogP contribution in [0.3, 0.4) is 0 Å². The molecule has 2 N–H and O–H groups in total. The van der Waals surface area contributed by atoms with Gasteiger partial charge in [-0.15, -0.1) is 0 Å². The molecule has 1 heterocycles. The van der Waals surface area contributed by atoms with E-state index in [4.69, 9.17) is 0 Å². The normalized spacial score (nSPS) is 17.7. The highest BCUT2D eigenvalue weighted by Crippen LogP contribution is 2.19. The molecule has 1 aromatic rings. The lowest BCUT2D eigenvalue weighted by Gasteiger charge is -2.30. The van der Waals surface area contributed by atoms with Gasteiger partial charge in [-0.25, -0.2) is 0 Å². The van der Waals surface area contributed by atoms with Gasteiger partial charge in [-0.2, -0.15) is 0 Å². The Morgan fingerprint density at radius 2 is 2.00 bits per heavy atom. The smallest absolute Gasteiger partial charge is 0.211 e. The summed E-state index contributed by atoms with van der Waals surface area (Å²) < 4.78 is 0. The predicted octanol–water partition coefficient (Wildman–Crippen LogP) is 1.76. The number of nitrogens with one attached hydrogen (secondary N) is 2. The highest BCUT2D eigenvalue weighted by molar-refractivity contribution is 5.73. The van der Waals surface area contributed by atoms with Gasteiger partial charge in [-0.05, 0) is 51.2 Å². The molecule has 17 heavy (non-hydrogen) atoms. The molecular formula is C13H19N3O. The first-order valence-electron chi connectivity index (χ1n) is 6.03. The molecule has 4 nitrogen and oxygen atoms in total.